The minimum Gasteiger partial charge on any atom is -0.489 e. The van der Waals surface area contributed by atoms with Gasteiger partial charge in [0.15, 0.2) is 11.5 Å². The van der Waals surface area contributed by atoms with Crippen molar-refractivity contribution in [3.8, 4) is 11.5 Å². The van der Waals surface area contributed by atoms with Crippen molar-refractivity contribution >= 4 is 0 Å². The second kappa shape index (κ2) is 9.75. The van der Waals surface area contributed by atoms with E-state index >= 15 is 0 Å². The van der Waals surface area contributed by atoms with E-state index in [1.165, 1.54) is 0 Å². The number of hydrogen-bond donors (Lipinski definition) is 3. The molecule has 0 aromatic heterocycles. The van der Waals surface area contributed by atoms with Gasteiger partial charge in [0.25, 0.3) is 0 Å². The Balaban J connectivity index is 2.95. The molecule has 0 spiro atoms. The largest absolute Gasteiger partial charge is 0.489 e. The van der Waals surface area contributed by atoms with Crippen LogP contribution in [-0.2, 0) is 0 Å². The first-order valence-electron chi connectivity index (χ1n) is 8.29. The molecule has 0 aliphatic rings. The van der Waals surface area contributed by atoms with E-state index in [1.807, 2.05) is 6.07 Å². The first kappa shape index (κ1) is 19.7. The van der Waals surface area contributed by atoms with E-state index < -0.39 is 12.1 Å². The highest BCUT2D eigenvalue weighted by Crippen LogP contribution is 2.32. The summed E-state index contributed by atoms with van der Waals surface area (Å²) < 4.78 is 11.6. The molecule has 1 aromatic rings. The molecule has 5 nitrogen and oxygen atoms in total. The number of hydrogen-bond acceptors (Lipinski definition) is 5. The highest BCUT2D eigenvalue weighted by Gasteiger charge is 2.19. The molecule has 0 heterocycles. The Bertz CT molecular complexity index is 462. The number of aliphatic hydroxyl groups excluding tert-OH is 2. The molecular formula is C18H31NO4. The van der Waals surface area contributed by atoms with Gasteiger partial charge in [0.2, 0.25) is 0 Å². The zero-order valence-corrected chi connectivity index (χ0v) is 14.7. The molecule has 0 aliphatic carbocycles. The molecule has 0 radical (unpaired) electrons. The van der Waals surface area contributed by atoms with Gasteiger partial charge >= 0.3 is 0 Å². The number of ether oxygens (including phenoxy) is 2. The van der Waals surface area contributed by atoms with Crippen LogP contribution in [0.2, 0.25) is 0 Å². The molecule has 5 heteroatoms. The zero-order valence-electron chi connectivity index (χ0n) is 14.7. The van der Waals surface area contributed by atoms with Crippen molar-refractivity contribution in [3.63, 3.8) is 0 Å². The Labute approximate surface area is 139 Å². The van der Waals surface area contributed by atoms with Crippen molar-refractivity contribution in [2.75, 3.05) is 19.8 Å². The van der Waals surface area contributed by atoms with Gasteiger partial charge < -0.3 is 25.4 Å². The molecule has 1 aromatic carbocycles. The molecule has 2 unspecified atom stereocenters. The van der Waals surface area contributed by atoms with Crippen LogP contribution in [0.15, 0.2) is 18.2 Å². The first-order valence-corrected chi connectivity index (χ1v) is 8.29. The lowest BCUT2D eigenvalue weighted by atomic mass is 10.0. The quantitative estimate of drug-likeness (QED) is 0.615. The summed E-state index contributed by atoms with van der Waals surface area (Å²) in [6.07, 6.45) is -0.503. The molecule has 4 N–H and O–H groups in total. The van der Waals surface area contributed by atoms with Gasteiger partial charge in [-0.25, -0.2) is 0 Å². The highest BCUT2D eigenvalue weighted by molar-refractivity contribution is 5.44. The maximum absolute atomic E-state index is 10.3. The molecule has 0 saturated carbocycles. The molecule has 1 rings (SSSR count). The molecule has 0 saturated heterocycles. The normalized spacial score (nSPS) is 14.1. The Kier molecular flexibility index (Phi) is 8.37. The Morgan fingerprint density at radius 2 is 1.57 bits per heavy atom. The van der Waals surface area contributed by atoms with Gasteiger partial charge in [-0.15, -0.1) is 0 Å². The second-order valence-corrected chi connectivity index (χ2v) is 6.74. The summed E-state index contributed by atoms with van der Waals surface area (Å²) in [5.74, 6) is 2.09. The van der Waals surface area contributed by atoms with Crippen LogP contribution in [0, 0.1) is 11.8 Å². The minimum atomic E-state index is -0.845. The average molecular weight is 325 g/mol. The van der Waals surface area contributed by atoms with Gasteiger partial charge in [0, 0.05) is 12.6 Å². The Morgan fingerprint density at radius 1 is 1.00 bits per heavy atom. The van der Waals surface area contributed by atoms with Gasteiger partial charge in [-0.2, -0.15) is 0 Å². The third-order valence-corrected chi connectivity index (χ3v) is 3.32. The van der Waals surface area contributed by atoms with E-state index in [2.05, 4.69) is 27.7 Å². The SMILES string of the molecule is CC(C)COc1ccc(C(O)C(N)CCO)cc1OCC(C)C. The average Bonchev–Trinajstić information content (AvgIpc) is 2.50. The summed E-state index contributed by atoms with van der Waals surface area (Å²) in [6, 6.07) is 4.86. The van der Waals surface area contributed by atoms with Crippen LogP contribution < -0.4 is 15.2 Å². The molecule has 0 amide bonds. The smallest absolute Gasteiger partial charge is 0.161 e. The standard InChI is InChI=1S/C18H31NO4/c1-12(2)10-22-16-6-5-14(18(21)15(19)7-8-20)9-17(16)23-11-13(3)4/h5-6,9,12-13,15,18,20-21H,7-8,10-11,19H2,1-4H3. The number of nitrogens with two attached hydrogens (primary N) is 1. The van der Waals surface area contributed by atoms with Crippen LogP contribution in [0.3, 0.4) is 0 Å². The number of aliphatic hydroxyl groups is 2. The summed E-state index contributed by atoms with van der Waals surface area (Å²) in [6.45, 7) is 9.44. The van der Waals surface area contributed by atoms with Crippen molar-refractivity contribution in [3.05, 3.63) is 23.8 Å². The van der Waals surface area contributed by atoms with E-state index in [-0.39, 0.29) is 6.61 Å². The third kappa shape index (κ3) is 6.77. The van der Waals surface area contributed by atoms with Crippen LogP contribution in [0.4, 0.5) is 0 Å². The van der Waals surface area contributed by atoms with Gasteiger partial charge in [-0.3, -0.25) is 0 Å². The molecule has 132 valence electrons. The summed E-state index contributed by atoms with van der Waals surface area (Å²) in [5.41, 5.74) is 6.55. The molecular weight excluding hydrogens is 294 g/mol. The van der Waals surface area contributed by atoms with Crippen molar-refractivity contribution in [1.82, 2.24) is 0 Å². The first-order chi connectivity index (χ1) is 10.8. The van der Waals surface area contributed by atoms with E-state index in [4.69, 9.17) is 20.3 Å². The predicted molar refractivity (Wildman–Crippen MR) is 91.7 cm³/mol. The van der Waals surface area contributed by atoms with E-state index in [1.54, 1.807) is 12.1 Å². The topological polar surface area (TPSA) is 84.9 Å². The molecule has 23 heavy (non-hydrogen) atoms. The molecule has 2 atom stereocenters. The third-order valence-electron chi connectivity index (χ3n) is 3.32. The van der Waals surface area contributed by atoms with Crippen LogP contribution in [0.25, 0.3) is 0 Å². The van der Waals surface area contributed by atoms with E-state index in [0.717, 1.165) is 0 Å². The maximum atomic E-state index is 10.3. The zero-order chi connectivity index (χ0) is 17.4. The fourth-order valence-corrected chi connectivity index (χ4v) is 2.01. The summed E-state index contributed by atoms with van der Waals surface area (Å²) >= 11 is 0. The maximum Gasteiger partial charge on any atom is 0.161 e. The van der Waals surface area contributed by atoms with Crippen LogP contribution in [0.5, 0.6) is 11.5 Å². The lowest BCUT2D eigenvalue weighted by Crippen LogP contribution is -2.29. The van der Waals surface area contributed by atoms with Crippen LogP contribution in [-0.4, -0.2) is 36.1 Å². The molecule has 0 bridgehead atoms. The van der Waals surface area contributed by atoms with Crippen molar-refractivity contribution in [1.29, 1.82) is 0 Å². The van der Waals surface area contributed by atoms with Gasteiger partial charge in [0.1, 0.15) is 0 Å². The van der Waals surface area contributed by atoms with Gasteiger partial charge in [-0.05, 0) is 36.0 Å². The van der Waals surface area contributed by atoms with Crippen LogP contribution >= 0.6 is 0 Å². The van der Waals surface area contributed by atoms with Crippen molar-refractivity contribution in [2.24, 2.45) is 17.6 Å². The fraction of sp³-hybridized carbons (Fsp3) is 0.667. The summed E-state index contributed by atoms with van der Waals surface area (Å²) in [7, 11) is 0. The Hall–Kier alpha value is -1.30. The van der Waals surface area contributed by atoms with E-state index in [0.29, 0.717) is 48.5 Å². The summed E-state index contributed by atoms with van der Waals surface area (Å²) in [5, 5.41) is 19.3. The minimum absolute atomic E-state index is 0.0511. The Morgan fingerprint density at radius 3 is 2.09 bits per heavy atom. The fourth-order valence-electron chi connectivity index (χ4n) is 2.01. The number of rotatable bonds is 10. The lowest BCUT2D eigenvalue weighted by Gasteiger charge is -2.21. The lowest BCUT2D eigenvalue weighted by molar-refractivity contribution is 0.128. The van der Waals surface area contributed by atoms with Gasteiger partial charge in [0.05, 0.1) is 19.3 Å². The predicted octanol–water partition coefficient (Wildman–Crippen LogP) is 2.50. The van der Waals surface area contributed by atoms with Crippen molar-refractivity contribution in [2.45, 2.75) is 46.3 Å². The second-order valence-electron chi connectivity index (χ2n) is 6.74. The van der Waals surface area contributed by atoms with E-state index in [9.17, 15) is 5.11 Å². The van der Waals surface area contributed by atoms with Crippen molar-refractivity contribution < 1.29 is 19.7 Å². The molecule has 0 fully saturated rings. The summed E-state index contributed by atoms with van der Waals surface area (Å²) in [4.78, 5) is 0. The molecule has 0 aliphatic heterocycles. The van der Waals surface area contributed by atoms with Gasteiger partial charge in [-0.1, -0.05) is 33.8 Å². The monoisotopic (exact) mass is 325 g/mol. The van der Waals surface area contributed by atoms with Crippen LogP contribution in [0.1, 0.15) is 45.8 Å². The highest BCUT2D eigenvalue weighted by atomic mass is 16.5. The number of benzene rings is 1.